The molecule has 1 fully saturated rings. The van der Waals surface area contributed by atoms with Gasteiger partial charge in [0.1, 0.15) is 0 Å². The van der Waals surface area contributed by atoms with E-state index in [9.17, 15) is 4.79 Å². The van der Waals surface area contributed by atoms with E-state index in [1.54, 1.807) is 0 Å². The first-order chi connectivity index (χ1) is 10.6. The van der Waals surface area contributed by atoms with Gasteiger partial charge in [-0.05, 0) is 45.4 Å². The number of aromatic amines is 1. The summed E-state index contributed by atoms with van der Waals surface area (Å²) < 4.78 is 0. The van der Waals surface area contributed by atoms with Crippen molar-refractivity contribution in [3.63, 3.8) is 0 Å². The highest BCUT2D eigenvalue weighted by atomic mass is 16.1. The van der Waals surface area contributed by atoms with Crippen LogP contribution in [0.15, 0.2) is 18.2 Å². The minimum Gasteiger partial charge on any atom is -0.358 e. The van der Waals surface area contributed by atoms with E-state index in [4.69, 9.17) is 0 Å². The van der Waals surface area contributed by atoms with Gasteiger partial charge >= 0.3 is 0 Å². The summed E-state index contributed by atoms with van der Waals surface area (Å²) in [5, 5.41) is 1.06. The molecular weight excluding hydrogens is 272 g/mol. The predicted octanol–water partition coefficient (Wildman–Crippen LogP) is 4.23. The average Bonchev–Trinajstić information content (AvgIpc) is 2.83. The van der Waals surface area contributed by atoms with Crippen molar-refractivity contribution >= 4 is 16.7 Å². The molecule has 1 aliphatic rings. The maximum absolute atomic E-state index is 12.8. The first kappa shape index (κ1) is 15.3. The molecule has 3 nitrogen and oxygen atoms in total. The van der Waals surface area contributed by atoms with E-state index < -0.39 is 0 Å². The summed E-state index contributed by atoms with van der Waals surface area (Å²) >= 11 is 0. The summed E-state index contributed by atoms with van der Waals surface area (Å²) in [5.41, 5.74) is 4.15. The van der Waals surface area contributed by atoms with Crippen LogP contribution < -0.4 is 0 Å². The topological polar surface area (TPSA) is 36.1 Å². The molecule has 0 unspecified atom stereocenters. The van der Waals surface area contributed by atoms with Gasteiger partial charge in [0.15, 0.2) is 5.78 Å². The van der Waals surface area contributed by atoms with Gasteiger partial charge in [0.25, 0.3) is 0 Å². The minimum atomic E-state index is 0.237. The van der Waals surface area contributed by atoms with Crippen LogP contribution in [0.1, 0.15) is 53.7 Å². The molecule has 1 heterocycles. The number of aryl methyl sites for hydroxylation is 2. The van der Waals surface area contributed by atoms with E-state index >= 15 is 0 Å². The van der Waals surface area contributed by atoms with Gasteiger partial charge in [0, 0.05) is 28.2 Å². The summed E-state index contributed by atoms with van der Waals surface area (Å²) in [6.07, 6.45) is 6.41. The maximum atomic E-state index is 12.8. The van der Waals surface area contributed by atoms with Gasteiger partial charge in [-0.2, -0.15) is 0 Å². The molecule has 0 spiro atoms. The smallest absolute Gasteiger partial charge is 0.179 e. The molecule has 0 radical (unpaired) electrons. The van der Waals surface area contributed by atoms with Gasteiger partial charge < -0.3 is 4.98 Å². The number of carbonyl (C=O) groups excluding carboxylic acids is 1. The summed E-state index contributed by atoms with van der Waals surface area (Å²) in [7, 11) is 2.10. The number of ketones is 1. The number of carbonyl (C=O) groups is 1. The quantitative estimate of drug-likeness (QED) is 0.857. The zero-order valence-electron chi connectivity index (χ0n) is 13.9. The second-order valence-corrected chi connectivity index (χ2v) is 6.80. The number of fused-ring (bicyclic) bond motifs is 1. The van der Waals surface area contributed by atoms with Crippen molar-refractivity contribution in [2.75, 3.05) is 13.6 Å². The number of H-pyrrole nitrogens is 1. The summed E-state index contributed by atoms with van der Waals surface area (Å²) in [5.74, 6) is 0.237. The van der Waals surface area contributed by atoms with E-state index in [-0.39, 0.29) is 5.78 Å². The number of benzene rings is 1. The Labute approximate surface area is 132 Å². The number of nitrogens with zero attached hydrogens (tertiary/aromatic N) is 1. The van der Waals surface area contributed by atoms with Crippen LogP contribution in [0.25, 0.3) is 10.9 Å². The lowest BCUT2D eigenvalue weighted by Crippen LogP contribution is -2.37. The third-order valence-corrected chi connectivity index (χ3v) is 5.01. The largest absolute Gasteiger partial charge is 0.358 e. The molecule has 0 aliphatic heterocycles. The summed E-state index contributed by atoms with van der Waals surface area (Å²) in [6.45, 7) is 4.60. The Hall–Kier alpha value is -1.61. The number of likely N-dealkylation sites (N-methyl/N-ethyl adjacent to an activating group) is 1. The number of hydrogen-bond acceptors (Lipinski definition) is 2. The molecule has 0 atom stereocenters. The molecule has 0 saturated heterocycles. The van der Waals surface area contributed by atoms with Gasteiger partial charge in [-0.25, -0.2) is 0 Å². The van der Waals surface area contributed by atoms with E-state index in [2.05, 4.69) is 42.1 Å². The normalized spacial score (nSPS) is 16.5. The van der Waals surface area contributed by atoms with E-state index in [1.165, 1.54) is 37.7 Å². The second kappa shape index (κ2) is 6.25. The monoisotopic (exact) mass is 298 g/mol. The third-order valence-electron chi connectivity index (χ3n) is 5.01. The maximum Gasteiger partial charge on any atom is 0.179 e. The standard InChI is InChI=1S/C19H26N2O/c1-13-9-10-16-17(11-13)20-14(2)19(16)18(22)12-21(3)15-7-5-4-6-8-15/h9-11,15,20H,4-8,12H2,1-3H3. The molecule has 2 aromatic rings. The second-order valence-electron chi connectivity index (χ2n) is 6.80. The van der Waals surface area contributed by atoms with Crippen LogP contribution in [0.4, 0.5) is 0 Å². The van der Waals surface area contributed by atoms with E-state index in [1.807, 2.05) is 6.92 Å². The highest BCUT2D eigenvalue weighted by Crippen LogP contribution is 2.25. The molecule has 22 heavy (non-hydrogen) atoms. The highest BCUT2D eigenvalue weighted by Gasteiger charge is 2.22. The van der Waals surface area contributed by atoms with Crippen LogP contribution in [0.5, 0.6) is 0 Å². The number of rotatable bonds is 4. The summed E-state index contributed by atoms with van der Waals surface area (Å²) in [4.78, 5) is 18.4. The molecule has 0 bridgehead atoms. The molecule has 3 heteroatoms. The number of Topliss-reactive ketones (excluding diaryl/α,β-unsaturated/α-hetero) is 1. The predicted molar refractivity (Wildman–Crippen MR) is 91.6 cm³/mol. The van der Waals surface area contributed by atoms with E-state index in [0.29, 0.717) is 12.6 Å². The van der Waals surface area contributed by atoms with Gasteiger partial charge in [-0.15, -0.1) is 0 Å². The lowest BCUT2D eigenvalue weighted by atomic mass is 9.94. The first-order valence-electron chi connectivity index (χ1n) is 8.38. The molecule has 1 aromatic carbocycles. The molecule has 118 valence electrons. The molecule has 1 aromatic heterocycles. The molecule has 3 rings (SSSR count). The molecule has 1 N–H and O–H groups in total. The fourth-order valence-corrected chi connectivity index (χ4v) is 3.76. The van der Waals surface area contributed by atoms with Gasteiger partial charge in [-0.3, -0.25) is 9.69 Å². The fraction of sp³-hybridized carbons (Fsp3) is 0.526. The van der Waals surface area contributed by atoms with Gasteiger partial charge in [0.2, 0.25) is 0 Å². The molecule has 1 saturated carbocycles. The molecule has 1 aliphatic carbocycles. The van der Waals surface area contributed by atoms with Crippen LogP contribution in [0.3, 0.4) is 0 Å². The molecular formula is C19H26N2O. The van der Waals surface area contributed by atoms with Crippen LogP contribution in [0, 0.1) is 13.8 Å². The van der Waals surface area contributed by atoms with E-state index in [0.717, 1.165) is 22.2 Å². The Balaban J connectivity index is 1.81. The number of aromatic nitrogens is 1. The number of hydrogen-bond donors (Lipinski definition) is 1. The lowest BCUT2D eigenvalue weighted by Gasteiger charge is -2.30. The Morgan fingerprint density at radius 3 is 2.68 bits per heavy atom. The minimum absolute atomic E-state index is 0.237. The Bertz CT molecular complexity index is 680. The van der Waals surface area contributed by atoms with Crippen molar-refractivity contribution in [1.82, 2.24) is 9.88 Å². The fourth-order valence-electron chi connectivity index (χ4n) is 3.76. The summed E-state index contributed by atoms with van der Waals surface area (Å²) in [6, 6.07) is 6.84. The highest BCUT2D eigenvalue weighted by molar-refractivity contribution is 6.10. The van der Waals surface area contributed by atoms with Crippen molar-refractivity contribution in [3.8, 4) is 0 Å². The van der Waals surface area contributed by atoms with Crippen molar-refractivity contribution < 1.29 is 4.79 Å². The lowest BCUT2D eigenvalue weighted by molar-refractivity contribution is 0.0900. The van der Waals surface area contributed by atoms with Crippen LogP contribution >= 0.6 is 0 Å². The Morgan fingerprint density at radius 1 is 1.23 bits per heavy atom. The Kier molecular flexibility index (Phi) is 4.34. The first-order valence-corrected chi connectivity index (χ1v) is 8.38. The van der Waals surface area contributed by atoms with Crippen molar-refractivity contribution in [3.05, 3.63) is 35.0 Å². The third kappa shape index (κ3) is 2.95. The van der Waals surface area contributed by atoms with Crippen LogP contribution in [0.2, 0.25) is 0 Å². The molecule has 0 amide bonds. The zero-order valence-corrected chi connectivity index (χ0v) is 13.9. The SMILES string of the molecule is Cc1ccc2c(C(=O)CN(C)C3CCCCC3)c(C)[nH]c2c1. The number of nitrogens with one attached hydrogen (secondary N) is 1. The van der Waals surface area contributed by atoms with Crippen LogP contribution in [-0.4, -0.2) is 35.3 Å². The van der Waals surface area contributed by atoms with Crippen LogP contribution in [-0.2, 0) is 0 Å². The van der Waals surface area contributed by atoms with Gasteiger partial charge in [-0.1, -0.05) is 31.4 Å². The zero-order chi connectivity index (χ0) is 15.7. The average molecular weight is 298 g/mol. The Morgan fingerprint density at radius 2 is 1.95 bits per heavy atom. The van der Waals surface area contributed by atoms with Crippen molar-refractivity contribution in [2.24, 2.45) is 0 Å². The van der Waals surface area contributed by atoms with Crippen molar-refractivity contribution in [2.45, 2.75) is 52.0 Å². The van der Waals surface area contributed by atoms with Crippen molar-refractivity contribution in [1.29, 1.82) is 0 Å². The van der Waals surface area contributed by atoms with Gasteiger partial charge in [0.05, 0.1) is 6.54 Å².